The van der Waals surface area contributed by atoms with Gasteiger partial charge in [-0.15, -0.1) is 0 Å². The lowest BCUT2D eigenvalue weighted by molar-refractivity contribution is 0.0605. The smallest absolute Gasteiger partial charge is 0.350 e. The minimum absolute atomic E-state index is 0.361. The van der Waals surface area contributed by atoms with E-state index in [-0.39, 0.29) is 5.97 Å². The first-order valence-corrected chi connectivity index (χ1v) is 7.39. The molecule has 0 unspecified atom stereocenters. The maximum atomic E-state index is 11.6. The van der Waals surface area contributed by atoms with Crippen molar-refractivity contribution in [1.82, 2.24) is 4.98 Å². The molecule has 5 nitrogen and oxygen atoms in total. The molecule has 1 aromatic carbocycles. The number of hydrogen-bond acceptors (Lipinski definition) is 6. The zero-order valence-electron chi connectivity index (χ0n) is 12.2. The van der Waals surface area contributed by atoms with Crippen LogP contribution in [-0.2, 0) is 11.2 Å². The molecule has 0 saturated heterocycles. The minimum atomic E-state index is -0.361. The fraction of sp³-hybridized carbons (Fsp3) is 0.267. The Hall–Kier alpha value is -2.21. The lowest BCUT2D eigenvalue weighted by Gasteiger charge is -1.95. The molecule has 0 radical (unpaired) electrons. The second-order valence-corrected chi connectivity index (χ2v) is 5.42. The van der Waals surface area contributed by atoms with Crippen molar-refractivity contribution in [3.05, 3.63) is 46.0 Å². The second-order valence-electron chi connectivity index (χ2n) is 4.42. The average Bonchev–Trinajstić information content (AvgIpc) is 2.90. The van der Waals surface area contributed by atoms with Crippen LogP contribution in [0.2, 0.25) is 0 Å². The largest absolute Gasteiger partial charge is 0.465 e. The van der Waals surface area contributed by atoms with Crippen molar-refractivity contribution in [2.45, 2.75) is 20.3 Å². The predicted molar refractivity (Wildman–Crippen MR) is 85.2 cm³/mol. The van der Waals surface area contributed by atoms with Crippen molar-refractivity contribution in [2.75, 3.05) is 12.5 Å². The van der Waals surface area contributed by atoms with Gasteiger partial charge in [-0.05, 0) is 18.9 Å². The van der Waals surface area contributed by atoms with Crippen LogP contribution in [0.25, 0.3) is 0 Å². The highest BCUT2D eigenvalue weighted by Crippen LogP contribution is 2.24. The van der Waals surface area contributed by atoms with E-state index in [0.29, 0.717) is 16.4 Å². The van der Waals surface area contributed by atoms with E-state index < -0.39 is 0 Å². The van der Waals surface area contributed by atoms with E-state index in [0.717, 1.165) is 11.3 Å². The topological polar surface area (TPSA) is 63.6 Å². The van der Waals surface area contributed by atoms with E-state index in [4.69, 9.17) is 4.74 Å². The summed E-state index contributed by atoms with van der Waals surface area (Å²) in [6.45, 7) is 3.98. The van der Waals surface area contributed by atoms with Crippen molar-refractivity contribution in [3.63, 3.8) is 0 Å². The molecule has 0 aliphatic rings. The molecule has 1 aromatic heterocycles. The van der Waals surface area contributed by atoms with Crippen molar-refractivity contribution in [2.24, 2.45) is 5.10 Å². The molecule has 0 fully saturated rings. The maximum absolute atomic E-state index is 11.6. The summed E-state index contributed by atoms with van der Waals surface area (Å²) in [4.78, 5) is 16.5. The fourth-order valence-corrected chi connectivity index (χ4v) is 2.73. The van der Waals surface area contributed by atoms with Crippen molar-refractivity contribution in [1.29, 1.82) is 0 Å². The summed E-state index contributed by atoms with van der Waals surface area (Å²) in [6, 6.07) is 8.01. The van der Waals surface area contributed by atoms with Crippen LogP contribution in [0.4, 0.5) is 5.13 Å². The van der Waals surface area contributed by atoms with Crippen molar-refractivity contribution < 1.29 is 9.53 Å². The van der Waals surface area contributed by atoms with E-state index in [1.165, 1.54) is 24.0 Å². The number of ether oxygens (including phenoxy) is 1. The van der Waals surface area contributed by atoms with Gasteiger partial charge in [-0.1, -0.05) is 48.1 Å². The van der Waals surface area contributed by atoms with Crippen LogP contribution in [0, 0.1) is 6.92 Å². The van der Waals surface area contributed by atoms with Gasteiger partial charge in [0.15, 0.2) is 0 Å². The van der Waals surface area contributed by atoms with Gasteiger partial charge >= 0.3 is 5.97 Å². The Kier molecular flexibility index (Phi) is 5.05. The number of benzene rings is 1. The number of nitrogens with one attached hydrogen (secondary N) is 1. The average molecular weight is 303 g/mol. The molecule has 1 heterocycles. The Morgan fingerprint density at radius 3 is 3.00 bits per heavy atom. The van der Waals surface area contributed by atoms with E-state index >= 15 is 0 Å². The van der Waals surface area contributed by atoms with Gasteiger partial charge in [0.2, 0.25) is 5.13 Å². The summed E-state index contributed by atoms with van der Waals surface area (Å²) in [6.07, 6.45) is 2.39. The summed E-state index contributed by atoms with van der Waals surface area (Å²) in [7, 11) is 1.37. The molecule has 21 heavy (non-hydrogen) atoms. The number of carbonyl (C=O) groups excluding carboxylic acids is 1. The number of aromatic nitrogens is 1. The van der Waals surface area contributed by atoms with Gasteiger partial charge < -0.3 is 4.74 Å². The van der Waals surface area contributed by atoms with Gasteiger partial charge in [0, 0.05) is 0 Å². The number of hydrogen-bond donors (Lipinski definition) is 1. The molecule has 0 aliphatic heterocycles. The first kappa shape index (κ1) is 15.2. The number of rotatable bonds is 5. The monoisotopic (exact) mass is 303 g/mol. The van der Waals surface area contributed by atoms with Gasteiger partial charge in [0.25, 0.3) is 0 Å². The van der Waals surface area contributed by atoms with Gasteiger partial charge in [-0.3, -0.25) is 5.43 Å². The number of carbonyl (C=O) groups is 1. The van der Waals surface area contributed by atoms with E-state index in [2.05, 4.69) is 15.5 Å². The lowest BCUT2D eigenvalue weighted by Crippen LogP contribution is -2.01. The Morgan fingerprint density at radius 1 is 1.52 bits per heavy atom. The molecule has 2 aromatic rings. The summed E-state index contributed by atoms with van der Waals surface area (Å²) in [5.74, 6) is -0.361. The Labute approximate surface area is 127 Å². The zero-order valence-corrected chi connectivity index (χ0v) is 13.0. The number of esters is 1. The molecule has 0 saturated carbocycles. The van der Waals surface area contributed by atoms with Crippen LogP contribution >= 0.6 is 11.3 Å². The van der Waals surface area contributed by atoms with Crippen LogP contribution in [0.15, 0.2) is 29.4 Å². The van der Waals surface area contributed by atoms with Crippen LogP contribution in [0.3, 0.4) is 0 Å². The van der Waals surface area contributed by atoms with Gasteiger partial charge in [0.1, 0.15) is 4.88 Å². The Balaban J connectivity index is 2.10. The maximum Gasteiger partial charge on any atom is 0.350 e. The minimum Gasteiger partial charge on any atom is -0.465 e. The standard InChI is InChI=1S/C15H17N3O2S/c1-4-12-13(14(19)20-3)21-15(17-12)18-16-9-11-7-5-6-10(2)8-11/h5-9H,4H2,1-3H3,(H,17,18)/b16-9-. The Morgan fingerprint density at radius 2 is 2.33 bits per heavy atom. The third-order valence-corrected chi connectivity index (χ3v) is 3.80. The molecule has 0 aliphatic carbocycles. The first-order chi connectivity index (χ1) is 10.1. The van der Waals surface area contributed by atoms with Gasteiger partial charge in [0.05, 0.1) is 19.0 Å². The highest BCUT2D eigenvalue weighted by molar-refractivity contribution is 7.17. The van der Waals surface area contributed by atoms with Gasteiger partial charge in [-0.25, -0.2) is 9.78 Å². The molecule has 2 rings (SSSR count). The number of anilines is 1. The number of nitrogens with zero attached hydrogens (tertiary/aromatic N) is 2. The molecule has 110 valence electrons. The summed E-state index contributed by atoms with van der Waals surface area (Å²) in [5.41, 5.74) is 5.76. The van der Waals surface area contributed by atoms with Crippen molar-refractivity contribution in [3.8, 4) is 0 Å². The fourth-order valence-electron chi connectivity index (χ4n) is 1.80. The molecule has 1 N–H and O–H groups in total. The third-order valence-electron chi connectivity index (χ3n) is 2.82. The van der Waals surface area contributed by atoms with Crippen LogP contribution in [0.1, 0.15) is 33.4 Å². The number of aryl methyl sites for hydroxylation is 2. The van der Waals surface area contributed by atoms with Crippen molar-refractivity contribution >= 4 is 28.7 Å². The molecule has 0 atom stereocenters. The van der Waals surface area contributed by atoms with E-state index in [1.54, 1.807) is 6.21 Å². The van der Waals surface area contributed by atoms with E-state index in [9.17, 15) is 4.79 Å². The zero-order chi connectivity index (χ0) is 15.2. The molecular weight excluding hydrogens is 286 g/mol. The van der Waals surface area contributed by atoms with Crippen LogP contribution in [-0.4, -0.2) is 24.3 Å². The second kappa shape index (κ2) is 6.99. The summed E-state index contributed by atoms with van der Waals surface area (Å²) >= 11 is 1.24. The van der Waals surface area contributed by atoms with Crippen LogP contribution in [0.5, 0.6) is 0 Å². The third kappa shape index (κ3) is 3.88. The lowest BCUT2D eigenvalue weighted by atomic mass is 10.2. The molecular formula is C15H17N3O2S. The number of thiazole rings is 1. The van der Waals surface area contributed by atoms with Gasteiger partial charge in [-0.2, -0.15) is 5.10 Å². The summed E-state index contributed by atoms with van der Waals surface area (Å²) in [5, 5.41) is 4.73. The highest BCUT2D eigenvalue weighted by atomic mass is 32.1. The molecule has 0 amide bonds. The molecule has 0 bridgehead atoms. The highest BCUT2D eigenvalue weighted by Gasteiger charge is 2.17. The molecule has 6 heteroatoms. The quantitative estimate of drug-likeness (QED) is 0.523. The SMILES string of the molecule is CCc1nc(N/N=C\c2cccc(C)c2)sc1C(=O)OC. The van der Waals surface area contributed by atoms with Crippen LogP contribution < -0.4 is 5.43 Å². The number of hydrazone groups is 1. The normalized spacial score (nSPS) is 10.8. The Bertz CT molecular complexity index is 665. The molecule has 0 spiro atoms. The summed E-state index contributed by atoms with van der Waals surface area (Å²) < 4.78 is 4.74. The first-order valence-electron chi connectivity index (χ1n) is 6.57. The predicted octanol–water partition coefficient (Wildman–Crippen LogP) is 3.25. The van der Waals surface area contributed by atoms with E-state index in [1.807, 2.05) is 38.1 Å². The number of methoxy groups -OCH3 is 1.